The summed E-state index contributed by atoms with van der Waals surface area (Å²) in [5.41, 5.74) is 3.88. The Balaban J connectivity index is 1.83. The van der Waals surface area contributed by atoms with E-state index in [2.05, 4.69) is 11.1 Å². The second-order valence-corrected chi connectivity index (χ2v) is 5.98. The predicted octanol–water partition coefficient (Wildman–Crippen LogP) is 4.07. The van der Waals surface area contributed by atoms with Gasteiger partial charge in [0.15, 0.2) is 0 Å². The lowest BCUT2D eigenvalue weighted by molar-refractivity contribution is 0.0761. The number of hydrogen-bond acceptors (Lipinski definition) is 2. The number of rotatable bonds is 2. The second-order valence-electron chi connectivity index (χ2n) is 5.98. The minimum absolute atomic E-state index is 0.156. The lowest BCUT2D eigenvalue weighted by Crippen LogP contribution is -2.31. The van der Waals surface area contributed by atoms with E-state index in [4.69, 9.17) is 0 Å². The van der Waals surface area contributed by atoms with Gasteiger partial charge in [0.05, 0.1) is 0 Å². The normalized spacial score (nSPS) is 15.4. The summed E-state index contributed by atoms with van der Waals surface area (Å²) < 4.78 is 0. The minimum Gasteiger partial charge on any atom is -0.339 e. The summed E-state index contributed by atoms with van der Waals surface area (Å²) in [5.74, 6) is 0.156. The van der Waals surface area contributed by atoms with Crippen molar-refractivity contribution in [3.63, 3.8) is 0 Å². The number of carbonyl (C=O) groups is 1. The average Bonchev–Trinajstić information content (AvgIpc) is 2.84. The molecule has 0 aliphatic carbocycles. The number of amides is 1. The summed E-state index contributed by atoms with van der Waals surface area (Å²) >= 11 is 0. The molecule has 2 heterocycles. The molecule has 0 bridgehead atoms. The molecule has 1 saturated heterocycles. The molecule has 0 unspecified atom stereocenters. The molecule has 0 N–H and O–H groups in total. The van der Waals surface area contributed by atoms with E-state index >= 15 is 0 Å². The fourth-order valence-corrected chi connectivity index (χ4v) is 2.93. The maximum absolute atomic E-state index is 12.7. The Morgan fingerprint density at radius 2 is 1.77 bits per heavy atom. The first-order valence-corrected chi connectivity index (χ1v) is 8.06. The van der Waals surface area contributed by atoms with E-state index in [1.54, 1.807) is 0 Å². The van der Waals surface area contributed by atoms with Crippen molar-refractivity contribution in [2.45, 2.75) is 32.6 Å². The molecule has 1 aliphatic heterocycles. The van der Waals surface area contributed by atoms with Gasteiger partial charge < -0.3 is 4.90 Å². The summed E-state index contributed by atoms with van der Waals surface area (Å²) in [6.45, 7) is 3.74. The van der Waals surface area contributed by atoms with Crippen LogP contribution in [-0.4, -0.2) is 28.9 Å². The molecule has 0 atom stereocenters. The zero-order valence-corrected chi connectivity index (χ0v) is 13.1. The molecule has 1 aromatic carbocycles. The number of nitrogens with zero attached hydrogens (tertiary/aromatic N) is 2. The summed E-state index contributed by atoms with van der Waals surface area (Å²) in [6, 6.07) is 11.9. The highest BCUT2D eigenvalue weighted by Crippen LogP contribution is 2.21. The lowest BCUT2D eigenvalue weighted by Gasteiger charge is -2.20. The third kappa shape index (κ3) is 3.35. The van der Waals surface area contributed by atoms with Crippen molar-refractivity contribution in [3.05, 3.63) is 53.9 Å². The van der Waals surface area contributed by atoms with Crippen molar-refractivity contribution in [1.29, 1.82) is 0 Å². The van der Waals surface area contributed by atoms with Crippen LogP contribution in [0.15, 0.2) is 42.6 Å². The molecule has 114 valence electrons. The van der Waals surface area contributed by atoms with E-state index in [9.17, 15) is 4.79 Å². The van der Waals surface area contributed by atoms with Crippen LogP contribution in [0.25, 0.3) is 11.1 Å². The van der Waals surface area contributed by atoms with Crippen LogP contribution in [0.1, 0.15) is 41.7 Å². The molecule has 3 rings (SSSR count). The Hall–Kier alpha value is -2.16. The van der Waals surface area contributed by atoms with Crippen LogP contribution in [0.2, 0.25) is 0 Å². The van der Waals surface area contributed by atoms with Gasteiger partial charge in [-0.3, -0.25) is 9.78 Å². The van der Waals surface area contributed by atoms with Crippen molar-refractivity contribution in [2.24, 2.45) is 0 Å². The Morgan fingerprint density at radius 3 is 2.45 bits per heavy atom. The van der Waals surface area contributed by atoms with Crippen molar-refractivity contribution in [2.75, 3.05) is 13.1 Å². The molecule has 3 nitrogen and oxygen atoms in total. The van der Waals surface area contributed by atoms with Crippen molar-refractivity contribution in [3.8, 4) is 11.1 Å². The fourth-order valence-electron chi connectivity index (χ4n) is 2.93. The maximum Gasteiger partial charge on any atom is 0.253 e. The number of benzene rings is 1. The molecule has 0 spiro atoms. The van der Waals surface area contributed by atoms with E-state index in [0.29, 0.717) is 0 Å². The number of likely N-dealkylation sites (tertiary alicyclic amines) is 1. The molecular weight excluding hydrogens is 272 g/mol. The molecule has 1 amide bonds. The first kappa shape index (κ1) is 14.8. The molecule has 22 heavy (non-hydrogen) atoms. The number of aryl methyl sites for hydroxylation is 1. The lowest BCUT2D eigenvalue weighted by atomic mass is 10.0. The third-order valence-corrected chi connectivity index (χ3v) is 4.25. The van der Waals surface area contributed by atoms with Crippen molar-refractivity contribution >= 4 is 5.91 Å². The van der Waals surface area contributed by atoms with Gasteiger partial charge in [-0.15, -0.1) is 0 Å². The minimum atomic E-state index is 0.156. The number of aromatic nitrogens is 1. The first-order valence-electron chi connectivity index (χ1n) is 8.06. The topological polar surface area (TPSA) is 33.2 Å². The molecule has 3 heteroatoms. The molecule has 1 fully saturated rings. The van der Waals surface area contributed by atoms with Crippen LogP contribution in [-0.2, 0) is 0 Å². The van der Waals surface area contributed by atoms with Gasteiger partial charge in [-0.2, -0.15) is 0 Å². The van der Waals surface area contributed by atoms with E-state index in [1.807, 2.05) is 48.4 Å². The highest BCUT2D eigenvalue weighted by atomic mass is 16.2. The van der Waals surface area contributed by atoms with Crippen LogP contribution in [0.5, 0.6) is 0 Å². The van der Waals surface area contributed by atoms with Crippen LogP contribution in [0, 0.1) is 6.92 Å². The van der Waals surface area contributed by atoms with E-state index in [0.717, 1.165) is 48.3 Å². The Labute approximate surface area is 132 Å². The van der Waals surface area contributed by atoms with Gasteiger partial charge >= 0.3 is 0 Å². The van der Waals surface area contributed by atoms with E-state index in [1.165, 1.54) is 12.8 Å². The fraction of sp³-hybridized carbons (Fsp3) is 0.368. The number of carbonyl (C=O) groups excluding carboxylic acids is 1. The van der Waals surface area contributed by atoms with Gasteiger partial charge in [0.2, 0.25) is 0 Å². The van der Waals surface area contributed by atoms with Crippen LogP contribution < -0.4 is 0 Å². The van der Waals surface area contributed by atoms with Crippen LogP contribution >= 0.6 is 0 Å². The van der Waals surface area contributed by atoms with Gasteiger partial charge in [-0.25, -0.2) is 0 Å². The number of pyridine rings is 1. The monoisotopic (exact) mass is 294 g/mol. The Bertz CT molecular complexity index is 641. The molecule has 0 saturated carbocycles. The molecule has 1 aliphatic rings. The van der Waals surface area contributed by atoms with Crippen molar-refractivity contribution in [1.82, 2.24) is 9.88 Å². The first-order chi connectivity index (χ1) is 10.7. The van der Waals surface area contributed by atoms with Crippen LogP contribution in [0.3, 0.4) is 0 Å². The highest BCUT2D eigenvalue weighted by Gasteiger charge is 2.17. The molecule has 2 aromatic rings. The SMILES string of the molecule is Cc1ccc(-c2cccc(C(=O)N3CCCCCC3)c2)cn1. The van der Waals surface area contributed by atoms with Gasteiger partial charge in [0, 0.05) is 36.1 Å². The third-order valence-electron chi connectivity index (χ3n) is 4.25. The van der Waals surface area contributed by atoms with Crippen LogP contribution in [0.4, 0.5) is 0 Å². The largest absolute Gasteiger partial charge is 0.339 e. The maximum atomic E-state index is 12.7. The molecule has 0 radical (unpaired) electrons. The van der Waals surface area contributed by atoms with Gasteiger partial charge in [-0.1, -0.05) is 31.0 Å². The standard InChI is InChI=1S/C19H22N2O/c1-15-9-10-18(14-20-15)16-7-6-8-17(13-16)19(22)21-11-4-2-3-5-12-21/h6-10,13-14H,2-5,11-12H2,1H3. The zero-order chi connectivity index (χ0) is 15.4. The van der Waals surface area contributed by atoms with Crippen molar-refractivity contribution < 1.29 is 4.79 Å². The summed E-state index contributed by atoms with van der Waals surface area (Å²) in [6.07, 6.45) is 6.57. The number of hydrogen-bond donors (Lipinski definition) is 0. The highest BCUT2D eigenvalue weighted by molar-refractivity contribution is 5.95. The predicted molar refractivity (Wildman–Crippen MR) is 88.8 cm³/mol. The molecular formula is C19H22N2O. The zero-order valence-electron chi connectivity index (χ0n) is 13.1. The summed E-state index contributed by atoms with van der Waals surface area (Å²) in [5, 5.41) is 0. The quantitative estimate of drug-likeness (QED) is 0.836. The van der Waals surface area contributed by atoms with Gasteiger partial charge in [0.25, 0.3) is 5.91 Å². The van der Waals surface area contributed by atoms with Gasteiger partial charge in [-0.05, 0) is 43.5 Å². The average molecular weight is 294 g/mol. The summed E-state index contributed by atoms with van der Waals surface area (Å²) in [7, 11) is 0. The second kappa shape index (κ2) is 6.73. The summed E-state index contributed by atoms with van der Waals surface area (Å²) in [4.78, 5) is 19.0. The van der Waals surface area contributed by atoms with E-state index < -0.39 is 0 Å². The van der Waals surface area contributed by atoms with Gasteiger partial charge in [0.1, 0.15) is 0 Å². The smallest absolute Gasteiger partial charge is 0.253 e. The molecule has 1 aromatic heterocycles. The Kier molecular flexibility index (Phi) is 4.52. The van der Waals surface area contributed by atoms with E-state index in [-0.39, 0.29) is 5.91 Å². The Morgan fingerprint density at radius 1 is 1.00 bits per heavy atom.